The molecule has 4 heteroatoms. The molecule has 1 aromatic heterocycles. The van der Waals surface area contributed by atoms with E-state index in [1.165, 1.54) is 0 Å². The van der Waals surface area contributed by atoms with Crippen LogP contribution in [0.25, 0.3) is 11.1 Å². The van der Waals surface area contributed by atoms with Gasteiger partial charge in [-0.3, -0.25) is 0 Å². The summed E-state index contributed by atoms with van der Waals surface area (Å²) in [5, 5.41) is 0.664. The number of nitrogens with zero attached hydrogens (tertiary/aromatic N) is 1. The smallest absolute Gasteiger partial charge is 0.206 e. The van der Waals surface area contributed by atoms with Crippen molar-refractivity contribution >= 4 is 49.6 Å². The van der Waals surface area contributed by atoms with Crippen molar-refractivity contribution in [1.82, 2.24) is 4.98 Å². The van der Waals surface area contributed by atoms with Crippen molar-refractivity contribution < 1.29 is 4.42 Å². The number of alkyl halides is 1. The number of para-hydroxylation sites is 1. The van der Waals surface area contributed by atoms with E-state index < -0.39 is 0 Å². The van der Waals surface area contributed by atoms with E-state index in [1.807, 2.05) is 18.2 Å². The summed E-state index contributed by atoms with van der Waals surface area (Å²) >= 11 is 5.55. The summed E-state index contributed by atoms with van der Waals surface area (Å²) in [6.45, 7) is 0. The van der Waals surface area contributed by atoms with Crippen LogP contribution in [0.3, 0.4) is 0 Å². The molecule has 0 aliphatic carbocycles. The average Bonchev–Trinajstić information content (AvgIpc) is 2.49. The lowest BCUT2D eigenvalue weighted by molar-refractivity contribution is 0.557. The maximum Gasteiger partial charge on any atom is 0.206 e. The molecule has 1 aromatic carbocycles. The fourth-order valence-corrected chi connectivity index (χ4v) is 1.85. The van der Waals surface area contributed by atoms with E-state index >= 15 is 0 Å². The molecule has 0 N–H and O–H groups in total. The SMILES string of the molecule is BrCc1nc2c(I)cccc2o1. The predicted molar refractivity (Wildman–Crippen MR) is 59.4 cm³/mol. The van der Waals surface area contributed by atoms with Crippen molar-refractivity contribution in [3.8, 4) is 0 Å². The van der Waals surface area contributed by atoms with Gasteiger partial charge >= 0.3 is 0 Å². The van der Waals surface area contributed by atoms with Crippen molar-refractivity contribution in [3.05, 3.63) is 27.7 Å². The molecule has 2 nitrogen and oxygen atoms in total. The zero-order valence-corrected chi connectivity index (χ0v) is 9.79. The molecule has 0 amide bonds. The molecule has 0 unspecified atom stereocenters. The van der Waals surface area contributed by atoms with Crippen LogP contribution in [0, 0.1) is 3.57 Å². The number of halogens is 2. The second-order valence-electron chi connectivity index (χ2n) is 2.33. The Hall–Kier alpha value is -0.100. The number of rotatable bonds is 1. The summed E-state index contributed by atoms with van der Waals surface area (Å²) in [6.07, 6.45) is 0. The monoisotopic (exact) mass is 337 g/mol. The quantitative estimate of drug-likeness (QED) is 0.589. The van der Waals surface area contributed by atoms with Gasteiger partial charge in [-0.15, -0.1) is 0 Å². The van der Waals surface area contributed by atoms with Crippen LogP contribution in [0.1, 0.15) is 5.89 Å². The van der Waals surface area contributed by atoms with Gasteiger partial charge in [0.15, 0.2) is 5.58 Å². The van der Waals surface area contributed by atoms with Crippen molar-refractivity contribution in [1.29, 1.82) is 0 Å². The Kier molecular flexibility index (Phi) is 2.36. The highest BCUT2D eigenvalue weighted by Crippen LogP contribution is 2.21. The highest BCUT2D eigenvalue weighted by atomic mass is 127. The van der Waals surface area contributed by atoms with Gasteiger partial charge in [0, 0.05) is 3.57 Å². The molecule has 62 valence electrons. The van der Waals surface area contributed by atoms with Gasteiger partial charge in [-0.1, -0.05) is 22.0 Å². The number of aromatic nitrogens is 1. The fourth-order valence-electron chi connectivity index (χ4n) is 1.02. The molecular formula is C8H5BrINO. The van der Waals surface area contributed by atoms with Crippen LogP contribution < -0.4 is 0 Å². The number of hydrogen-bond acceptors (Lipinski definition) is 2. The normalized spacial score (nSPS) is 10.8. The van der Waals surface area contributed by atoms with Crippen LogP contribution in [-0.2, 0) is 5.33 Å². The highest BCUT2D eigenvalue weighted by molar-refractivity contribution is 14.1. The predicted octanol–water partition coefficient (Wildman–Crippen LogP) is 3.33. The zero-order valence-electron chi connectivity index (χ0n) is 6.05. The van der Waals surface area contributed by atoms with Gasteiger partial charge in [0.2, 0.25) is 5.89 Å². The third-order valence-electron chi connectivity index (χ3n) is 1.53. The molecule has 2 aromatic rings. The minimum absolute atomic E-state index is 0.664. The maximum absolute atomic E-state index is 5.44. The maximum atomic E-state index is 5.44. The Morgan fingerprint density at radius 1 is 1.50 bits per heavy atom. The van der Waals surface area contributed by atoms with E-state index in [4.69, 9.17) is 4.42 Å². The summed E-state index contributed by atoms with van der Waals surface area (Å²) in [5.74, 6) is 0.731. The minimum Gasteiger partial charge on any atom is -0.440 e. The van der Waals surface area contributed by atoms with Crippen LogP contribution in [0.15, 0.2) is 22.6 Å². The van der Waals surface area contributed by atoms with Gasteiger partial charge in [-0.2, -0.15) is 0 Å². The van der Waals surface area contributed by atoms with Gasteiger partial charge in [0.1, 0.15) is 5.52 Å². The van der Waals surface area contributed by atoms with Gasteiger partial charge in [0.25, 0.3) is 0 Å². The van der Waals surface area contributed by atoms with Crippen molar-refractivity contribution in [2.45, 2.75) is 5.33 Å². The van der Waals surface area contributed by atoms with E-state index in [2.05, 4.69) is 43.5 Å². The summed E-state index contributed by atoms with van der Waals surface area (Å²) < 4.78 is 6.56. The molecule has 0 fully saturated rings. The van der Waals surface area contributed by atoms with Crippen LogP contribution in [0.4, 0.5) is 0 Å². The molecule has 0 saturated heterocycles. The van der Waals surface area contributed by atoms with E-state index in [9.17, 15) is 0 Å². The molecule has 0 bridgehead atoms. The van der Waals surface area contributed by atoms with Gasteiger partial charge < -0.3 is 4.42 Å². The lowest BCUT2D eigenvalue weighted by Crippen LogP contribution is -1.75. The van der Waals surface area contributed by atoms with E-state index in [1.54, 1.807) is 0 Å². The Morgan fingerprint density at radius 3 is 3.00 bits per heavy atom. The van der Waals surface area contributed by atoms with Crippen molar-refractivity contribution in [2.24, 2.45) is 0 Å². The van der Waals surface area contributed by atoms with E-state index in [0.717, 1.165) is 20.6 Å². The Morgan fingerprint density at radius 2 is 2.33 bits per heavy atom. The average molecular weight is 338 g/mol. The lowest BCUT2D eigenvalue weighted by atomic mass is 10.3. The molecule has 0 saturated carbocycles. The second kappa shape index (κ2) is 3.33. The van der Waals surface area contributed by atoms with Crippen LogP contribution in [0.2, 0.25) is 0 Å². The first-order valence-corrected chi connectivity index (χ1v) is 5.61. The van der Waals surface area contributed by atoms with Gasteiger partial charge in [-0.25, -0.2) is 4.98 Å². The molecule has 0 spiro atoms. The first-order chi connectivity index (χ1) is 5.81. The first-order valence-electron chi connectivity index (χ1n) is 3.41. The summed E-state index contributed by atoms with van der Waals surface area (Å²) in [4.78, 5) is 4.31. The summed E-state index contributed by atoms with van der Waals surface area (Å²) in [5.41, 5.74) is 1.81. The lowest BCUT2D eigenvalue weighted by Gasteiger charge is -1.87. The molecule has 0 radical (unpaired) electrons. The fraction of sp³-hybridized carbons (Fsp3) is 0.125. The molecule has 0 aliphatic rings. The standard InChI is InChI=1S/C8H5BrINO/c9-4-7-11-8-5(10)2-1-3-6(8)12-7/h1-3H,4H2. The second-order valence-corrected chi connectivity index (χ2v) is 4.05. The number of fused-ring (bicyclic) bond motifs is 1. The molecule has 0 atom stereocenters. The Balaban J connectivity index is 2.74. The minimum atomic E-state index is 0.664. The van der Waals surface area contributed by atoms with Crippen molar-refractivity contribution in [3.63, 3.8) is 0 Å². The van der Waals surface area contributed by atoms with E-state index in [0.29, 0.717) is 5.33 Å². The van der Waals surface area contributed by atoms with Crippen molar-refractivity contribution in [2.75, 3.05) is 0 Å². The van der Waals surface area contributed by atoms with E-state index in [-0.39, 0.29) is 0 Å². The van der Waals surface area contributed by atoms with Crippen LogP contribution in [-0.4, -0.2) is 4.98 Å². The third kappa shape index (κ3) is 1.37. The largest absolute Gasteiger partial charge is 0.440 e. The summed E-state index contributed by atoms with van der Waals surface area (Å²) in [6, 6.07) is 5.91. The molecule has 0 aliphatic heterocycles. The molecule has 12 heavy (non-hydrogen) atoms. The number of hydrogen-bond donors (Lipinski definition) is 0. The molecule has 2 rings (SSSR count). The summed E-state index contributed by atoms with van der Waals surface area (Å²) in [7, 11) is 0. The molecule has 1 heterocycles. The van der Waals surface area contributed by atoms with Gasteiger partial charge in [-0.05, 0) is 34.7 Å². The number of benzene rings is 1. The zero-order chi connectivity index (χ0) is 8.55. The first kappa shape index (κ1) is 8.50. The topological polar surface area (TPSA) is 26.0 Å². The highest BCUT2D eigenvalue weighted by Gasteiger charge is 2.05. The number of oxazole rings is 1. The Labute approximate surface area is 91.6 Å². The van der Waals surface area contributed by atoms with Gasteiger partial charge in [0.05, 0.1) is 5.33 Å². The molecular weight excluding hydrogens is 333 g/mol. The Bertz CT molecular complexity index is 412. The van der Waals surface area contributed by atoms with Crippen LogP contribution >= 0.6 is 38.5 Å². The third-order valence-corrected chi connectivity index (χ3v) is 2.88. The van der Waals surface area contributed by atoms with Crippen LogP contribution in [0.5, 0.6) is 0 Å².